The molecular formula is C17H32O4S. The van der Waals surface area contributed by atoms with Crippen molar-refractivity contribution in [3.05, 3.63) is 12.2 Å². The molecule has 0 saturated carbocycles. The predicted molar refractivity (Wildman–Crippen MR) is 91.9 cm³/mol. The van der Waals surface area contributed by atoms with E-state index in [4.69, 9.17) is 5.11 Å². The lowest BCUT2D eigenvalue weighted by atomic mass is 10.1. The normalized spacial score (nSPS) is 13.5. The highest BCUT2D eigenvalue weighted by Gasteiger charge is 2.16. The molecule has 5 heteroatoms. The van der Waals surface area contributed by atoms with Gasteiger partial charge >= 0.3 is 5.97 Å². The summed E-state index contributed by atoms with van der Waals surface area (Å²) in [7, 11) is -3.00. The largest absolute Gasteiger partial charge is 0.481 e. The molecule has 130 valence electrons. The van der Waals surface area contributed by atoms with Gasteiger partial charge in [0.25, 0.3) is 0 Å². The number of hydrogen-bond acceptors (Lipinski definition) is 3. The van der Waals surface area contributed by atoms with Gasteiger partial charge in [-0.1, -0.05) is 57.6 Å². The molecule has 0 saturated heterocycles. The van der Waals surface area contributed by atoms with Gasteiger partial charge in [0.05, 0.1) is 5.25 Å². The summed E-state index contributed by atoms with van der Waals surface area (Å²) in [4.78, 5) is 10.4. The third-order valence-corrected chi connectivity index (χ3v) is 5.25. The van der Waals surface area contributed by atoms with Crippen LogP contribution in [-0.2, 0) is 14.6 Å². The number of allylic oxidation sites excluding steroid dienone is 1. The number of carbonyl (C=O) groups is 1. The van der Waals surface area contributed by atoms with E-state index in [1.54, 1.807) is 0 Å². The maximum Gasteiger partial charge on any atom is 0.303 e. The number of rotatable bonds is 14. The minimum Gasteiger partial charge on any atom is -0.481 e. The molecule has 1 unspecified atom stereocenters. The van der Waals surface area contributed by atoms with Crippen molar-refractivity contribution in [1.82, 2.24) is 0 Å². The Balaban J connectivity index is 3.84. The SMILES string of the molecule is CCCCCC(C=CCCCCCCCC(=O)O)S(C)(=O)=O. The van der Waals surface area contributed by atoms with Crippen LogP contribution in [0.5, 0.6) is 0 Å². The van der Waals surface area contributed by atoms with Crippen LogP contribution in [0, 0.1) is 0 Å². The maximum atomic E-state index is 11.7. The summed E-state index contributed by atoms with van der Waals surface area (Å²) in [6, 6.07) is 0. The van der Waals surface area contributed by atoms with Crippen molar-refractivity contribution in [2.45, 2.75) is 82.8 Å². The monoisotopic (exact) mass is 332 g/mol. The van der Waals surface area contributed by atoms with Crippen molar-refractivity contribution >= 4 is 15.8 Å². The Hall–Kier alpha value is -0.840. The number of hydrogen-bond donors (Lipinski definition) is 1. The predicted octanol–water partition coefficient (Wildman–Crippen LogP) is 4.35. The van der Waals surface area contributed by atoms with E-state index < -0.39 is 15.8 Å². The van der Waals surface area contributed by atoms with Crippen molar-refractivity contribution in [1.29, 1.82) is 0 Å². The zero-order chi connectivity index (χ0) is 16.8. The second kappa shape index (κ2) is 12.7. The number of carboxylic acids is 1. The molecule has 0 fully saturated rings. The first-order chi connectivity index (χ1) is 10.4. The van der Waals surface area contributed by atoms with Gasteiger partial charge in [-0.3, -0.25) is 4.79 Å². The Morgan fingerprint density at radius 1 is 1.05 bits per heavy atom. The summed E-state index contributed by atoms with van der Waals surface area (Å²) in [5.74, 6) is -0.724. The molecule has 1 atom stereocenters. The molecule has 0 heterocycles. The third kappa shape index (κ3) is 12.9. The number of aliphatic carboxylic acids is 1. The Bertz CT molecular complexity index is 412. The van der Waals surface area contributed by atoms with Crippen LogP contribution in [0.4, 0.5) is 0 Å². The summed E-state index contributed by atoms with van der Waals surface area (Å²) < 4.78 is 23.4. The molecule has 0 aromatic carbocycles. The van der Waals surface area contributed by atoms with Gasteiger partial charge in [-0.05, 0) is 25.7 Å². The summed E-state index contributed by atoms with van der Waals surface area (Å²) in [5.41, 5.74) is 0. The highest BCUT2D eigenvalue weighted by molar-refractivity contribution is 7.91. The fourth-order valence-electron chi connectivity index (χ4n) is 2.37. The van der Waals surface area contributed by atoms with Crippen LogP contribution in [0.25, 0.3) is 0 Å². The minimum atomic E-state index is -3.00. The Kier molecular flexibility index (Phi) is 12.2. The first-order valence-electron chi connectivity index (χ1n) is 8.45. The number of carboxylic acid groups (broad SMARTS) is 1. The summed E-state index contributed by atoms with van der Waals surface area (Å²) in [6.07, 6.45) is 15.1. The smallest absolute Gasteiger partial charge is 0.303 e. The zero-order valence-corrected chi connectivity index (χ0v) is 14.9. The Morgan fingerprint density at radius 2 is 1.68 bits per heavy atom. The lowest BCUT2D eigenvalue weighted by molar-refractivity contribution is -0.137. The standard InChI is InChI=1S/C17H32O4S/c1-3-4-10-13-16(22(2,20)21)14-11-8-6-5-7-9-12-15-17(18)19/h11,14,16H,3-10,12-13,15H2,1-2H3,(H,18,19). The quantitative estimate of drug-likeness (QED) is 0.379. The van der Waals surface area contributed by atoms with Gasteiger partial charge in [0.1, 0.15) is 0 Å². The summed E-state index contributed by atoms with van der Waals surface area (Å²) >= 11 is 0. The second-order valence-corrected chi connectivity index (χ2v) is 8.26. The van der Waals surface area contributed by atoms with Gasteiger partial charge < -0.3 is 5.11 Å². The topological polar surface area (TPSA) is 71.4 Å². The van der Waals surface area contributed by atoms with Gasteiger partial charge in [0, 0.05) is 12.7 Å². The summed E-state index contributed by atoms with van der Waals surface area (Å²) in [6.45, 7) is 2.11. The molecule has 0 aliphatic heterocycles. The lowest BCUT2D eigenvalue weighted by Gasteiger charge is -2.10. The van der Waals surface area contributed by atoms with E-state index in [0.29, 0.717) is 0 Å². The lowest BCUT2D eigenvalue weighted by Crippen LogP contribution is -2.17. The maximum absolute atomic E-state index is 11.7. The Labute approximate surface area is 135 Å². The van der Waals surface area contributed by atoms with E-state index in [2.05, 4.69) is 6.92 Å². The molecule has 0 bridgehead atoms. The minimum absolute atomic E-state index is 0.258. The van der Waals surface area contributed by atoms with E-state index in [9.17, 15) is 13.2 Å². The van der Waals surface area contributed by atoms with Gasteiger partial charge in [-0.25, -0.2) is 8.42 Å². The fourth-order valence-corrected chi connectivity index (χ4v) is 3.36. The van der Waals surface area contributed by atoms with Crippen LogP contribution in [0.15, 0.2) is 12.2 Å². The van der Waals surface area contributed by atoms with Crippen LogP contribution in [-0.4, -0.2) is 31.0 Å². The molecule has 0 radical (unpaired) electrons. The van der Waals surface area contributed by atoms with Crippen LogP contribution >= 0.6 is 0 Å². The van der Waals surface area contributed by atoms with Crippen molar-refractivity contribution < 1.29 is 18.3 Å². The molecule has 0 aromatic heterocycles. The fraction of sp³-hybridized carbons (Fsp3) is 0.824. The van der Waals surface area contributed by atoms with E-state index >= 15 is 0 Å². The van der Waals surface area contributed by atoms with Gasteiger partial charge in [0.2, 0.25) is 0 Å². The molecule has 4 nitrogen and oxygen atoms in total. The number of unbranched alkanes of at least 4 members (excludes halogenated alkanes) is 7. The highest BCUT2D eigenvalue weighted by Crippen LogP contribution is 2.13. The zero-order valence-electron chi connectivity index (χ0n) is 14.1. The van der Waals surface area contributed by atoms with E-state index in [-0.39, 0.29) is 11.7 Å². The average molecular weight is 333 g/mol. The van der Waals surface area contributed by atoms with E-state index in [0.717, 1.165) is 64.2 Å². The molecule has 1 N–H and O–H groups in total. The van der Waals surface area contributed by atoms with Crippen molar-refractivity contribution in [3.8, 4) is 0 Å². The Morgan fingerprint density at radius 3 is 2.27 bits per heavy atom. The van der Waals surface area contributed by atoms with Crippen molar-refractivity contribution in [2.75, 3.05) is 6.26 Å². The summed E-state index contributed by atoms with van der Waals surface area (Å²) in [5, 5.41) is 8.18. The van der Waals surface area contributed by atoms with E-state index in [1.807, 2.05) is 12.2 Å². The highest BCUT2D eigenvalue weighted by atomic mass is 32.2. The van der Waals surface area contributed by atoms with Crippen molar-refractivity contribution in [3.63, 3.8) is 0 Å². The molecular weight excluding hydrogens is 300 g/mol. The average Bonchev–Trinajstić information content (AvgIpc) is 2.42. The first-order valence-corrected chi connectivity index (χ1v) is 10.4. The van der Waals surface area contributed by atoms with Crippen LogP contribution in [0.1, 0.15) is 77.6 Å². The van der Waals surface area contributed by atoms with Gasteiger partial charge in [0.15, 0.2) is 9.84 Å². The van der Waals surface area contributed by atoms with Crippen LogP contribution < -0.4 is 0 Å². The van der Waals surface area contributed by atoms with E-state index in [1.165, 1.54) is 6.26 Å². The van der Waals surface area contributed by atoms with Gasteiger partial charge in [-0.15, -0.1) is 0 Å². The molecule has 0 amide bonds. The molecule has 0 aliphatic carbocycles. The first kappa shape index (κ1) is 21.2. The van der Waals surface area contributed by atoms with Crippen LogP contribution in [0.2, 0.25) is 0 Å². The molecule has 0 spiro atoms. The van der Waals surface area contributed by atoms with Gasteiger partial charge in [-0.2, -0.15) is 0 Å². The molecule has 22 heavy (non-hydrogen) atoms. The molecule has 0 rings (SSSR count). The number of sulfone groups is 1. The van der Waals surface area contributed by atoms with Crippen molar-refractivity contribution in [2.24, 2.45) is 0 Å². The molecule has 0 aromatic rings. The van der Waals surface area contributed by atoms with Crippen LogP contribution in [0.3, 0.4) is 0 Å². The molecule has 0 aliphatic rings. The third-order valence-electron chi connectivity index (χ3n) is 3.75. The second-order valence-electron chi connectivity index (χ2n) is 5.99.